The maximum Gasteiger partial charge on any atom is 0.237 e. The summed E-state index contributed by atoms with van der Waals surface area (Å²) in [4.78, 5) is 28.2. The Bertz CT molecular complexity index is 579. The van der Waals surface area contributed by atoms with Crippen molar-refractivity contribution in [2.75, 3.05) is 19.6 Å². The standard InChI is InChI=1S/C18H25FN2O2S/c1-4-15-17(23)21(12-11-20(6-3)16(22)5-2)18(24-15)13-7-9-14(19)10-8-13/h7-10,15,18H,4-6,11-12H2,1-3H3/t15-,18-/m0/s1. The van der Waals surface area contributed by atoms with Crippen LogP contribution in [0.4, 0.5) is 4.39 Å². The molecule has 1 aromatic rings. The lowest BCUT2D eigenvalue weighted by Gasteiger charge is -2.28. The highest BCUT2D eigenvalue weighted by atomic mass is 32.2. The Morgan fingerprint density at radius 1 is 1.25 bits per heavy atom. The number of rotatable bonds is 7. The van der Waals surface area contributed by atoms with Crippen molar-refractivity contribution in [1.29, 1.82) is 0 Å². The first-order valence-corrected chi connectivity index (χ1v) is 9.45. The second-order valence-corrected chi connectivity index (χ2v) is 7.08. The van der Waals surface area contributed by atoms with Crippen molar-refractivity contribution in [1.82, 2.24) is 9.80 Å². The molecular formula is C18H25FN2O2S. The number of likely N-dealkylation sites (N-methyl/N-ethyl adjacent to an activating group) is 1. The van der Waals surface area contributed by atoms with Crippen LogP contribution in [0.25, 0.3) is 0 Å². The fourth-order valence-corrected chi connectivity index (χ4v) is 4.31. The number of benzene rings is 1. The van der Waals surface area contributed by atoms with Crippen LogP contribution in [0.1, 0.15) is 44.6 Å². The lowest BCUT2D eigenvalue weighted by Crippen LogP contribution is -2.40. The summed E-state index contributed by atoms with van der Waals surface area (Å²) >= 11 is 1.61. The average molecular weight is 352 g/mol. The topological polar surface area (TPSA) is 40.6 Å². The Hall–Kier alpha value is -1.56. The maximum atomic E-state index is 13.2. The molecule has 2 rings (SSSR count). The summed E-state index contributed by atoms with van der Waals surface area (Å²) in [5.41, 5.74) is 0.926. The van der Waals surface area contributed by atoms with E-state index >= 15 is 0 Å². The highest BCUT2D eigenvalue weighted by molar-refractivity contribution is 8.01. The highest BCUT2D eigenvalue weighted by Gasteiger charge is 2.39. The van der Waals surface area contributed by atoms with Crippen molar-refractivity contribution in [3.05, 3.63) is 35.6 Å². The van der Waals surface area contributed by atoms with Gasteiger partial charge in [0.1, 0.15) is 11.2 Å². The molecule has 2 atom stereocenters. The van der Waals surface area contributed by atoms with Gasteiger partial charge in [0.05, 0.1) is 5.25 Å². The molecule has 1 aliphatic rings. The average Bonchev–Trinajstić information content (AvgIpc) is 2.92. The molecule has 0 spiro atoms. The smallest absolute Gasteiger partial charge is 0.237 e. The van der Waals surface area contributed by atoms with Crippen LogP contribution in [0, 0.1) is 5.82 Å². The number of hydrogen-bond acceptors (Lipinski definition) is 3. The molecule has 0 radical (unpaired) electrons. The van der Waals surface area contributed by atoms with Gasteiger partial charge < -0.3 is 9.80 Å². The van der Waals surface area contributed by atoms with Gasteiger partial charge in [-0.05, 0) is 31.0 Å². The molecule has 0 unspecified atom stereocenters. The molecule has 1 fully saturated rings. The Morgan fingerprint density at radius 2 is 1.92 bits per heavy atom. The minimum absolute atomic E-state index is 0.0722. The van der Waals surface area contributed by atoms with Crippen molar-refractivity contribution >= 4 is 23.6 Å². The Labute approximate surface area is 147 Å². The van der Waals surface area contributed by atoms with Crippen LogP contribution in [0.3, 0.4) is 0 Å². The van der Waals surface area contributed by atoms with E-state index in [2.05, 4.69) is 0 Å². The summed E-state index contributed by atoms with van der Waals surface area (Å²) in [6.07, 6.45) is 1.23. The van der Waals surface area contributed by atoms with Gasteiger partial charge in [-0.2, -0.15) is 0 Å². The van der Waals surface area contributed by atoms with Gasteiger partial charge in [0.15, 0.2) is 0 Å². The lowest BCUT2D eigenvalue weighted by molar-refractivity contribution is -0.134. The highest BCUT2D eigenvalue weighted by Crippen LogP contribution is 2.43. The van der Waals surface area contributed by atoms with E-state index in [0.717, 1.165) is 12.0 Å². The summed E-state index contributed by atoms with van der Waals surface area (Å²) in [5.74, 6) is -0.0728. The molecular weight excluding hydrogens is 327 g/mol. The van der Waals surface area contributed by atoms with Crippen molar-refractivity contribution in [3.8, 4) is 0 Å². The van der Waals surface area contributed by atoms with E-state index in [9.17, 15) is 14.0 Å². The van der Waals surface area contributed by atoms with Crippen molar-refractivity contribution in [2.24, 2.45) is 0 Å². The summed E-state index contributed by atoms with van der Waals surface area (Å²) in [6, 6.07) is 6.33. The van der Waals surface area contributed by atoms with Gasteiger partial charge in [0, 0.05) is 26.1 Å². The van der Waals surface area contributed by atoms with E-state index in [1.165, 1.54) is 12.1 Å². The molecule has 1 aromatic carbocycles. The molecule has 6 heteroatoms. The van der Waals surface area contributed by atoms with Crippen LogP contribution >= 0.6 is 11.8 Å². The normalized spacial score (nSPS) is 20.5. The van der Waals surface area contributed by atoms with Gasteiger partial charge >= 0.3 is 0 Å². The lowest BCUT2D eigenvalue weighted by atomic mass is 10.2. The number of halogens is 1. The first-order chi connectivity index (χ1) is 11.5. The minimum atomic E-state index is -0.280. The largest absolute Gasteiger partial charge is 0.341 e. The predicted octanol–water partition coefficient (Wildman–Crippen LogP) is 3.44. The van der Waals surface area contributed by atoms with Gasteiger partial charge in [0.2, 0.25) is 11.8 Å². The molecule has 0 aliphatic carbocycles. The fourth-order valence-electron chi connectivity index (χ4n) is 2.88. The first kappa shape index (κ1) is 18.8. The molecule has 4 nitrogen and oxygen atoms in total. The number of carbonyl (C=O) groups excluding carboxylic acids is 2. The molecule has 0 bridgehead atoms. The first-order valence-electron chi connectivity index (χ1n) is 8.50. The van der Waals surface area contributed by atoms with Crippen molar-refractivity contribution < 1.29 is 14.0 Å². The quantitative estimate of drug-likeness (QED) is 0.755. The third kappa shape index (κ3) is 4.09. The minimum Gasteiger partial charge on any atom is -0.341 e. The Balaban J connectivity index is 2.15. The fraction of sp³-hybridized carbons (Fsp3) is 0.556. The summed E-state index contributed by atoms with van der Waals surface area (Å²) in [7, 11) is 0. The van der Waals surface area contributed by atoms with Crippen molar-refractivity contribution in [3.63, 3.8) is 0 Å². The van der Waals surface area contributed by atoms with Crippen LogP contribution < -0.4 is 0 Å². The van der Waals surface area contributed by atoms with E-state index in [0.29, 0.717) is 26.1 Å². The molecule has 24 heavy (non-hydrogen) atoms. The van der Waals surface area contributed by atoms with E-state index < -0.39 is 0 Å². The molecule has 0 aromatic heterocycles. The van der Waals surface area contributed by atoms with E-state index in [4.69, 9.17) is 0 Å². The molecule has 1 aliphatic heterocycles. The van der Waals surface area contributed by atoms with E-state index in [1.54, 1.807) is 28.8 Å². The van der Waals surface area contributed by atoms with Crippen LogP contribution in [0.15, 0.2) is 24.3 Å². The summed E-state index contributed by atoms with van der Waals surface area (Å²) in [5, 5.41) is -0.185. The molecule has 1 saturated heterocycles. The Kier molecular flexibility index (Phi) is 6.66. The molecule has 1 heterocycles. The zero-order valence-corrected chi connectivity index (χ0v) is 15.3. The third-order valence-corrected chi connectivity index (χ3v) is 5.96. The number of thioether (sulfide) groups is 1. The van der Waals surface area contributed by atoms with Crippen molar-refractivity contribution in [2.45, 2.75) is 44.2 Å². The molecule has 0 N–H and O–H groups in total. The van der Waals surface area contributed by atoms with Gasteiger partial charge in [-0.3, -0.25) is 9.59 Å². The molecule has 132 valence electrons. The van der Waals surface area contributed by atoms with Gasteiger partial charge in [0.25, 0.3) is 0 Å². The zero-order chi connectivity index (χ0) is 17.7. The van der Waals surface area contributed by atoms with Gasteiger partial charge in [-0.1, -0.05) is 26.0 Å². The SMILES string of the molecule is CCC(=O)N(CC)CCN1C(=O)[C@H](CC)S[C@H]1c1ccc(F)cc1. The zero-order valence-electron chi connectivity index (χ0n) is 14.5. The van der Waals surface area contributed by atoms with E-state index in [1.807, 2.05) is 25.7 Å². The van der Waals surface area contributed by atoms with E-state index in [-0.39, 0.29) is 28.3 Å². The van der Waals surface area contributed by atoms with Crippen LogP contribution in [0.2, 0.25) is 0 Å². The second kappa shape index (κ2) is 8.51. The summed E-state index contributed by atoms with van der Waals surface area (Å²) < 4.78 is 13.2. The van der Waals surface area contributed by atoms with Crippen LogP contribution in [-0.4, -0.2) is 46.5 Å². The summed E-state index contributed by atoms with van der Waals surface area (Å²) in [6.45, 7) is 7.46. The molecule has 0 saturated carbocycles. The number of carbonyl (C=O) groups is 2. The van der Waals surface area contributed by atoms with Gasteiger partial charge in [-0.15, -0.1) is 11.8 Å². The van der Waals surface area contributed by atoms with Crippen LogP contribution in [0.5, 0.6) is 0 Å². The maximum absolute atomic E-state index is 13.2. The van der Waals surface area contributed by atoms with Crippen LogP contribution in [-0.2, 0) is 9.59 Å². The number of nitrogens with zero attached hydrogens (tertiary/aromatic N) is 2. The number of hydrogen-bond donors (Lipinski definition) is 0. The van der Waals surface area contributed by atoms with Gasteiger partial charge in [-0.25, -0.2) is 4.39 Å². The predicted molar refractivity (Wildman–Crippen MR) is 95.1 cm³/mol. The monoisotopic (exact) mass is 352 g/mol. The number of amides is 2. The second-order valence-electron chi connectivity index (χ2n) is 5.80. The molecule has 2 amide bonds. The third-order valence-electron chi connectivity index (χ3n) is 4.31. The Morgan fingerprint density at radius 3 is 2.46 bits per heavy atom.